The van der Waals surface area contributed by atoms with E-state index in [9.17, 15) is 9.59 Å². The van der Waals surface area contributed by atoms with Crippen molar-refractivity contribution < 1.29 is 19.4 Å². The first-order chi connectivity index (χ1) is 8.70. The van der Waals surface area contributed by atoms with Gasteiger partial charge in [0, 0.05) is 24.5 Å². The first kappa shape index (κ1) is 14.7. The van der Waals surface area contributed by atoms with Gasteiger partial charge < -0.3 is 20.9 Å². The second-order valence-electron chi connectivity index (χ2n) is 4.92. The SMILES string of the molecule is CC(C)(C)OC(=O)NCc1cncc(C(=O)O)c1N. The number of nitrogens with two attached hydrogens (primary N) is 1. The number of nitrogen functional groups attached to an aromatic ring is 1. The van der Waals surface area contributed by atoms with Gasteiger partial charge in [-0.3, -0.25) is 4.98 Å². The molecule has 7 heteroatoms. The third-order valence-corrected chi connectivity index (χ3v) is 2.12. The normalized spacial score (nSPS) is 10.9. The summed E-state index contributed by atoms with van der Waals surface area (Å²) in [4.78, 5) is 26.1. The highest BCUT2D eigenvalue weighted by Crippen LogP contribution is 2.16. The summed E-state index contributed by atoms with van der Waals surface area (Å²) in [5.41, 5.74) is 5.49. The molecule has 0 aromatic carbocycles. The minimum atomic E-state index is -1.16. The zero-order valence-corrected chi connectivity index (χ0v) is 11.1. The Labute approximate surface area is 110 Å². The molecule has 0 aliphatic rings. The van der Waals surface area contributed by atoms with E-state index < -0.39 is 17.7 Å². The van der Waals surface area contributed by atoms with Crippen LogP contribution in [-0.4, -0.2) is 27.8 Å². The van der Waals surface area contributed by atoms with Crippen molar-refractivity contribution in [2.75, 3.05) is 5.73 Å². The van der Waals surface area contributed by atoms with Crippen molar-refractivity contribution in [3.05, 3.63) is 23.5 Å². The molecule has 0 radical (unpaired) electrons. The smallest absolute Gasteiger partial charge is 0.407 e. The molecule has 0 aliphatic heterocycles. The number of carboxylic acids is 1. The van der Waals surface area contributed by atoms with Crippen LogP contribution in [0.4, 0.5) is 10.5 Å². The molecule has 1 heterocycles. The number of carboxylic acid groups (broad SMARTS) is 1. The monoisotopic (exact) mass is 267 g/mol. The number of nitrogens with one attached hydrogen (secondary N) is 1. The lowest BCUT2D eigenvalue weighted by Gasteiger charge is -2.19. The van der Waals surface area contributed by atoms with Crippen LogP contribution in [-0.2, 0) is 11.3 Å². The van der Waals surface area contributed by atoms with Crippen LogP contribution in [0.5, 0.6) is 0 Å². The van der Waals surface area contributed by atoms with Crippen LogP contribution >= 0.6 is 0 Å². The predicted octanol–water partition coefficient (Wildman–Crippen LogP) is 1.39. The highest BCUT2D eigenvalue weighted by molar-refractivity contribution is 5.93. The minimum absolute atomic E-state index is 0.0505. The molecule has 0 atom stereocenters. The summed E-state index contributed by atoms with van der Waals surface area (Å²) in [6, 6.07) is 0. The minimum Gasteiger partial charge on any atom is -0.478 e. The zero-order chi connectivity index (χ0) is 14.6. The van der Waals surface area contributed by atoms with E-state index in [0.29, 0.717) is 5.56 Å². The molecule has 0 spiro atoms. The zero-order valence-electron chi connectivity index (χ0n) is 11.1. The van der Waals surface area contributed by atoms with Gasteiger partial charge in [-0.2, -0.15) is 0 Å². The highest BCUT2D eigenvalue weighted by Gasteiger charge is 2.17. The number of alkyl carbamates (subject to hydrolysis) is 1. The van der Waals surface area contributed by atoms with E-state index in [1.807, 2.05) is 0 Å². The molecule has 7 nitrogen and oxygen atoms in total. The van der Waals surface area contributed by atoms with Gasteiger partial charge in [-0.1, -0.05) is 0 Å². The number of carbonyl (C=O) groups is 2. The van der Waals surface area contributed by atoms with Crippen molar-refractivity contribution in [1.29, 1.82) is 0 Å². The van der Waals surface area contributed by atoms with E-state index >= 15 is 0 Å². The molecule has 104 valence electrons. The van der Waals surface area contributed by atoms with E-state index in [1.54, 1.807) is 20.8 Å². The Morgan fingerprint density at radius 3 is 2.58 bits per heavy atom. The van der Waals surface area contributed by atoms with Crippen LogP contribution in [0.25, 0.3) is 0 Å². The number of hydrogen-bond donors (Lipinski definition) is 3. The first-order valence-electron chi connectivity index (χ1n) is 5.63. The van der Waals surface area contributed by atoms with E-state index in [1.165, 1.54) is 6.20 Å². The fraction of sp³-hybridized carbons (Fsp3) is 0.417. The molecule has 0 aliphatic carbocycles. The molecule has 0 saturated carbocycles. The average molecular weight is 267 g/mol. The topological polar surface area (TPSA) is 115 Å². The van der Waals surface area contributed by atoms with Crippen molar-refractivity contribution in [2.24, 2.45) is 0 Å². The molecule has 1 amide bonds. The Balaban J connectivity index is 2.71. The van der Waals surface area contributed by atoms with Crippen LogP contribution < -0.4 is 11.1 Å². The van der Waals surface area contributed by atoms with Crippen LogP contribution in [0, 0.1) is 0 Å². The Kier molecular flexibility index (Phi) is 4.31. The van der Waals surface area contributed by atoms with Crippen molar-refractivity contribution in [2.45, 2.75) is 32.9 Å². The van der Waals surface area contributed by atoms with Gasteiger partial charge in [0.15, 0.2) is 0 Å². The maximum Gasteiger partial charge on any atom is 0.407 e. The number of nitrogens with zero attached hydrogens (tertiary/aromatic N) is 1. The summed E-state index contributed by atoms with van der Waals surface area (Å²) in [5.74, 6) is -1.16. The van der Waals surface area contributed by atoms with E-state index in [0.717, 1.165) is 6.20 Å². The predicted molar refractivity (Wildman–Crippen MR) is 68.7 cm³/mol. The Bertz CT molecular complexity index is 494. The van der Waals surface area contributed by atoms with E-state index in [2.05, 4.69) is 10.3 Å². The molecular weight excluding hydrogens is 250 g/mol. The standard InChI is InChI=1S/C12H17N3O4/c1-12(2,3)19-11(18)15-5-7-4-14-6-8(9(7)13)10(16)17/h4,6H,5H2,1-3H3,(H2,13,14)(H,15,18)(H,16,17). The van der Waals surface area contributed by atoms with Gasteiger partial charge in [0.25, 0.3) is 0 Å². The number of hydrogen-bond acceptors (Lipinski definition) is 5. The number of aromatic nitrogens is 1. The number of carbonyl (C=O) groups excluding carboxylic acids is 1. The quantitative estimate of drug-likeness (QED) is 0.762. The van der Waals surface area contributed by atoms with Crippen LogP contribution in [0.15, 0.2) is 12.4 Å². The highest BCUT2D eigenvalue weighted by atomic mass is 16.6. The van der Waals surface area contributed by atoms with Crippen molar-refractivity contribution in [3.63, 3.8) is 0 Å². The molecule has 4 N–H and O–H groups in total. The molecule has 0 saturated heterocycles. The molecule has 0 unspecified atom stereocenters. The van der Waals surface area contributed by atoms with E-state index in [4.69, 9.17) is 15.6 Å². The molecule has 1 aromatic rings. The Morgan fingerprint density at radius 2 is 2.05 bits per heavy atom. The third kappa shape index (κ3) is 4.46. The molecule has 19 heavy (non-hydrogen) atoms. The fourth-order valence-electron chi connectivity index (χ4n) is 1.31. The summed E-state index contributed by atoms with van der Waals surface area (Å²) in [6.45, 7) is 5.28. The number of aromatic carboxylic acids is 1. The Hall–Kier alpha value is -2.31. The van der Waals surface area contributed by atoms with Crippen LogP contribution in [0.1, 0.15) is 36.7 Å². The van der Waals surface area contributed by atoms with Crippen LogP contribution in [0.2, 0.25) is 0 Å². The summed E-state index contributed by atoms with van der Waals surface area (Å²) < 4.78 is 5.05. The first-order valence-corrected chi connectivity index (χ1v) is 5.63. The summed E-state index contributed by atoms with van der Waals surface area (Å²) in [7, 11) is 0. The lowest BCUT2D eigenvalue weighted by molar-refractivity contribution is 0.0523. The molecule has 1 aromatic heterocycles. The lowest BCUT2D eigenvalue weighted by Crippen LogP contribution is -2.32. The van der Waals surface area contributed by atoms with Crippen molar-refractivity contribution >= 4 is 17.7 Å². The maximum atomic E-state index is 11.5. The fourth-order valence-corrected chi connectivity index (χ4v) is 1.31. The van der Waals surface area contributed by atoms with Gasteiger partial charge in [-0.25, -0.2) is 9.59 Å². The van der Waals surface area contributed by atoms with Crippen LogP contribution in [0.3, 0.4) is 0 Å². The number of ether oxygens (including phenoxy) is 1. The van der Waals surface area contributed by atoms with Gasteiger partial charge in [0.05, 0.1) is 5.69 Å². The maximum absolute atomic E-state index is 11.5. The van der Waals surface area contributed by atoms with Gasteiger partial charge >= 0.3 is 12.1 Å². The number of anilines is 1. The summed E-state index contributed by atoms with van der Waals surface area (Å²) >= 11 is 0. The van der Waals surface area contributed by atoms with Gasteiger partial charge in [-0.15, -0.1) is 0 Å². The molecule has 0 fully saturated rings. The summed E-state index contributed by atoms with van der Waals surface area (Å²) in [5, 5.41) is 11.4. The third-order valence-electron chi connectivity index (χ3n) is 2.12. The number of amides is 1. The second kappa shape index (κ2) is 5.55. The number of pyridine rings is 1. The Morgan fingerprint density at radius 1 is 1.42 bits per heavy atom. The largest absolute Gasteiger partial charge is 0.478 e. The van der Waals surface area contributed by atoms with Crippen molar-refractivity contribution in [3.8, 4) is 0 Å². The van der Waals surface area contributed by atoms with Gasteiger partial charge in [-0.05, 0) is 20.8 Å². The van der Waals surface area contributed by atoms with E-state index in [-0.39, 0.29) is 17.8 Å². The average Bonchev–Trinajstić information content (AvgIpc) is 2.24. The second-order valence-corrected chi connectivity index (χ2v) is 4.92. The van der Waals surface area contributed by atoms with Crippen molar-refractivity contribution in [1.82, 2.24) is 10.3 Å². The van der Waals surface area contributed by atoms with Gasteiger partial charge in [0.1, 0.15) is 11.2 Å². The number of rotatable bonds is 3. The lowest BCUT2D eigenvalue weighted by atomic mass is 10.1. The molecular formula is C12H17N3O4. The summed E-state index contributed by atoms with van der Waals surface area (Å²) in [6.07, 6.45) is 1.96. The molecule has 0 bridgehead atoms. The van der Waals surface area contributed by atoms with Gasteiger partial charge in [0.2, 0.25) is 0 Å². The molecule has 1 rings (SSSR count).